The number of fused-ring (bicyclic) bond motifs is 1. The fourth-order valence-electron chi connectivity index (χ4n) is 5.30. The second-order valence-electron chi connectivity index (χ2n) is 9.75. The van der Waals surface area contributed by atoms with Crippen molar-refractivity contribution in [2.24, 2.45) is 11.8 Å². The second kappa shape index (κ2) is 11.8. The van der Waals surface area contributed by atoms with Gasteiger partial charge in [0.25, 0.3) is 11.8 Å². The molecule has 2 N–H and O–H groups in total. The number of rotatable bonds is 10. The van der Waals surface area contributed by atoms with Crippen LogP contribution in [0.5, 0.6) is 0 Å². The van der Waals surface area contributed by atoms with Crippen LogP contribution in [-0.4, -0.2) is 81.4 Å². The van der Waals surface area contributed by atoms with Crippen LogP contribution in [0.2, 0.25) is 0 Å². The number of amides is 3. The zero-order valence-electron chi connectivity index (χ0n) is 20.5. The minimum absolute atomic E-state index is 0.0905. The van der Waals surface area contributed by atoms with Gasteiger partial charge in [-0.25, -0.2) is 0 Å². The summed E-state index contributed by atoms with van der Waals surface area (Å²) in [5.41, 5.74) is 1.53. The van der Waals surface area contributed by atoms with Gasteiger partial charge in [-0.3, -0.25) is 19.3 Å². The first kappa shape index (κ1) is 25.3. The lowest BCUT2D eigenvalue weighted by Crippen LogP contribution is -2.48. The molecule has 190 valence electrons. The summed E-state index contributed by atoms with van der Waals surface area (Å²) in [6.07, 6.45) is 5.31. The van der Waals surface area contributed by atoms with E-state index in [1.807, 2.05) is 6.07 Å². The molecular weight excluding hydrogens is 448 g/mol. The molecule has 3 amide bonds. The molecule has 1 atom stereocenters. The van der Waals surface area contributed by atoms with E-state index in [1.165, 1.54) is 19.9 Å². The van der Waals surface area contributed by atoms with Crippen LogP contribution in [0, 0.1) is 11.8 Å². The monoisotopic (exact) mass is 484 g/mol. The number of ether oxygens (including phenoxy) is 1. The van der Waals surface area contributed by atoms with Crippen LogP contribution in [0.3, 0.4) is 0 Å². The summed E-state index contributed by atoms with van der Waals surface area (Å²) < 4.78 is 6.04. The Morgan fingerprint density at radius 3 is 2.40 bits per heavy atom. The summed E-state index contributed by atoms with van der Waals surface area (Å²) in [6.45, 7) is 5.56. The molecule has 0 radical (unpaired) electrons. The van der Waals surface area contributed by atoms with Crippen LogP contribution in [0.15, 0.2) is 18.2 Å². The minimum Gasteiger partial charge on any atom is -0.381 e. The van der Waals surface area contributed by atoms with Crippen LogP contribution < -0.4 is 15.5 Å². The Labute approximate surface area is 206 Å². The Bertz CT molecular complexity index is 938. The van der Waals surface area contributed by atoms with E-state index >= 15 is 0 Å². The summed E-state index contributed by atoms with van der Waals surface area (Å²) in [5, 5.41) is 5.88. The number of nitrogens with zero attached hydrogens (tertiary/aromatic N) is 2. The summed E-state index contributed by atoms with van der Waals surface area (Å²) in [5.74, 6) is -0.213. The van der Waals surface area contributed by atoms with Crippen molar-refractivity contribution in [3.8, 4) is 0 Å². The molecule has 0 saturated carbocycles. The molecule has 0 spiro atoms. The smallest absolute Gasteiger partial charge is 0.262 e. The maximum absolute atomic E-state index is 13.2. The number of hydrogen-bond acceptors (Lipinski definition) is 7. The van der Waals surface area contributed by atoms with Gasteiger partial charge >= 0.3 is 0 Å². The first-order chi connectivity index (χ1) is 17.0. The summed E-state index contributed by atoms with van der Waals surface area (Å²) in [6, 6.07) is 4.33. The highest BCUT2D eigenvalue weighted by molar-refractivity contribution is 6.23. The Kier molecular flexibility index (Phi) is 8.51. The predicted molar refractivity (Wildman–Crippen MR) is 131 cm³/mol. The largest absolute Gasteiger partial charge is 0.381 e. The zero-order valence-corrected chi connectivity index (χ0v) is 20.5. The van der Waals surface area contributed by atoms with Crippen LogP contribution in [0.1, 0.15) is 59.2 Å². The van der Waals surface area contributed by atoms with Crippen LogP contribution in [0.4, 0.5) is 5.69 Å². The number of likely N-dealkylation sites (N-methyl/N-ethyl adjacent to an activating group) is 1. The van der Waals surface area contributed by atoms with Crippen LogP contribution >= 0.6 is 0 Å². The third-order valence-corrected chi connectivity index (χ3v) is 7.47. The van der Waals surface area contributed by atoms with Gasteiger partial charge in [0.1, 0.15) is 12.3 Å². The fraction of sp³-hybridized carbons (Fsp3) is 0.615. The molecule has 1 aromatic rings. The SMILES string of the molecule is CNC(=O)C(CCC=O)N1C(=O)c2ccc(N3CCC(COCC4CCNCC4)CC3)cc2C1=O. The van der Waals surface area contributed by atoms with Crippen molar-refractivity contribution in [2.45, 2.75) is 44.6 Å². The van der Waals surface area contributed by atoms with E-state index in [4.69, 9.17) is 4.74 Å². The fourth-order valence-corrected chi connectivity index (χ4v) is 5.30. The molecule has 3 aliphatic heterocycles. The van der Waals surface area contributed by atoms with Crippen molar-refractivity contribution in [1.29, 1.82) is 0 Å². The van der Waals surface area contributed by atoms with Crippen molar-refractivity contribution in [1.82, 2.24) is 15.5 Å². The van der Waals surface area contributed by atoms with E-state index in [0.717, 1.165) is 62.8 Å². The highest BCUT2D eigenvalue weighted by atomic mass is 16.5. The topological polar surface area (TPSA) is 108 Å². The highest BCUT2D eigenvalue weighted by Gasteiger charge is 2.42. The number of benzene rings is 1. The normalized spacial score (nSPS) is 20.1. The zero-order chi connectivity index (χ0) is 24.8. The maximum Gasteiger partial charge on any atom is 0.262 e. The van der Waals surface area contributed by atoms with Gasteiger partial charge in [0.2, 0.25) is 5.91 Å². The Balaban J connectivity index is 1.35. The molecule has 9 heteroatoms. The lowest BCUT2D eigenvalue weighted by molar-refractivity contribution is -0.124. The molecule has 0 aliphatic carbocycles. The van der Waals surface area contributed by atoms with Gasteiger partial charge in [-0.15, -0.1) is 0 Å². The van der Waals surface area contributed by atoms with E-state index in [2.05, 4.69) is 15.5 Å². The van der Waals surface area contributed by atoms with E-state index < -0.39 is 23.8 Å². The minimum atomic E-state index is -0.998. The highest BCUT2D eigenvalue weighted by Crippen LogP contribution is 2.31. The molecule has 0 aromatic heterocycles. The van der Waals surface area contributed by atoms with Gasteiger partial charge in [0.05, 0.1) is 11.1 Å². The van der Waals surface area contributed by atoms with Crippen molar-refractivity contribution < 1.29 is 23.9 Å². The van der Waals surface area contributed by atoms with Gasteiger partial charge in [0, 0.05) is 45.5 Å². The first-order valence-electron chi connectivity index (χ1n) is 12.7. The van der Waals surface area contributed by atoms with Gasteiger partial charge in [-0.05, 0) is 75.2 Å². The lowest BCUT2D eigenvalue weighted by Gasteiger charge is -2.34. The molecular formula is C26H36N4O5. The van der Waals surface area contributed by atoms with E-state index in [0.29, 0.717) is 29.2 Å². The molecule has 2 saturated heterocycles. The molecule has 3 aliphatic rings. The van der Waals surface area contributed by atoms with Crippen molar-refractivity contribution in [2.75, 3.05) is 51.3 Å². The van der Waals surface area contributed by atoms with Gasteiger partial charge in [-0.1, -0.05) is 0 Å². The second-order valence-corrected chi connectivity index (χ2v) is 9.75. The number of nitrogens with one attached hydrogen (secondary N) is 2. The van der Waals surface area contributed by atoms with Crippen molar-refractivity contribution in [3.63, 3.8) is 0 Å². The van der Waals surface area contributed by atoms with Gasteiger partial charge < -0.3 is 25.1 Å². The Morgan fingerprint density at radius 2 is 1.74 bits per heavy atom. The average Bonchev–Trinajstić information content (AvgIpc) is 3.14. The Hall–Kier alpha value is -2.78. The summed E-state index contributed by atoms with van der Waals surface area (Å²) >= 11 is 0. The third-order valence-electron chi connectivity index (χ3n) is 7.47. The van der Waals surface area contributed by atoms with E-state index in [9.17, 15) is 19.2 Å². The molecule has 0 bridgehead atoms. The summed E-state index contributed by atoms with van der Waals surface area (Å²) in [7, 11) is 1.45. The predicted octanol–water partition coefficient (Wildman–Crippen LogP) is 1.61. The average molecular weight is 485 g/mol. The maximum atomic E-state index is 13.2. The number of hydrogen-bond donors (Lipinski definition) is 2. The lowest BCUT2D eigenvalue weighted by atomic mass is 9.96. The molecule has 3 heterocycles. The molecule has 1 aromatic carbocycles. The number of anilines is 1. The number of carbonyl (C=O) groups is 4. The quantitative estimate of drug-likeness (QED) is 0.384. The summed E-state index contributed by atoms with van der Waals surface area (Å²) in [4.78, 5) is 52.6. The van der Waals surface area contributed by atoms with Crippen molar-refractivity contribution >= 4 is 29.7 Å². The number of piperidine rings is 2. The van der Waals surface area contributed by atoms with Gasteiger partial charge in [0.15, 0.2) is 0 Å². The molecule has 9 nitrogen and oxygen atoms in total. The van der Waals surface area contributed by atoms with Crippen molar-refractivity contribution in [3.05, 3.63) is 29.3 Å². The number of imide groups is 1. The van der Waals surface area contributed by atoms with Gasteiger partial charge in [-0.2, -0.15) is 0 Å². The molecule has 4 rings (SSSR count). The van der Waals surface area contributed by atoms with Crippen LogP contribution in [-0.2, 0) is 14.3 Å². The van der Waals surface area contributed by atoms with E-state index in [-0.39, 0.29) is 12.8 Å². The third kappa shape index (κ3) is 5.73. The Morgan fingerprint density at radius 1 is 1.09 bits per heavy atom. The number of carbonyl (C=O) groups excluding carboxylic acids is 4. The molecule has 1 unspecified atom stereocenters. The standard InChI is InChI=1S/C26H36N4O5/c1-27-24(32)23(3-2-14-31)30-25(33)21-5-4-20(15-22(21)26(30)34)29-12-8-19(9-13-29)17-35-16-18-6-10-28-11-7-18/h4-5,14-15,18-19,23,28H,2-3,6-13,16-17H2,1H3,(H,27,32). The number of aldehydes is 1. The van der Waals surface area contributed by atoms with Crippen LogP contribution in [0.25, 0.3) is 0 Å². The first-order valence-corrected chi connectivity index (χ1v) is 12.7. The van der Waals surface area contributed by atoms with E-state index in [1.54, 1.807) is 12.1 Å². The molecule has 35 heavy (non-hydrogen) atoms. The molecule has 2 fully saturated rings.